The van der Waals surface area contributed by atoms with Crippen LogP contribution in [0.1, 0.15) is 30.9 Å². The molecule has 1 aliphatic rings. The van der Waals surface area contributed by atoms with Crippen LogP contribution in [0.4, 0.5) is 10.3 Å². The summed E-state index contributed by atoms with van der Waals surface area (Å²) in [5, 5.41) is 5.95. The number of carbonyl (C=O) groups is 1. The van der Waals surface area contributed by atoms with E-state index in [1.807, 2.05) is 0 Å². The van der Waals surface area contributed by atoms with Crippen molar-refractivity contribution in [3.63, 3.8) is 0 Å². The van der Waals surface area contributed by atoms with Crippen molar-refractivity contribution in [1.29, 1.82) is 0 Å². The van der Waals surface area contributed by atoms with Gasteiger partial charge in [0.15, 0.2) is 0 Å². The second-order valence-corrected chi connectivity index (χ2v) is 5.54. The molecule has 2 aromatic rings. The van der Waals surface area contributed by atoms with Crippen LogP contribution in [0.2, 0.25) is 0 Å². The van der Waals surface area contributed by atoms with E-state index in [0.717, 1.165) is 12.8 Å². The number of fused-ring (bicyclic) bond motifs is 1. The molecule has 1 amide bonds. The van der Waals surface area contributed by atoms with Crippen molar-refractivity contribution < 1.29 is 13.9 Å². The molecule has 6 nitrogen and oxygen atoms in total. The minimum atomic E-state index is -0.332. The van der Waals surface area contributed by atoms with Gasteiger partial charge in [-0.3, -0.25) is 4.79 Å². The van der Waals surface area contributed by atoms with E-state index in [2.05, 4.69) is 20.6 Å². The Labute approximate surface area is 139 Å². The topological polar surface area (TPSA) is 76.1 Å². The van der Waals surface area contributed by atoms with Crippen molar-refractivity contribution in [3.8, 4) is 5.75 Å². The molecule has 0 saturated heterocycles. The lowest BCUT2D eigenvalue weighted by molar-refractivity contribution is -0.121. The van der Waals surface area contributed by atoms with Gasteiger partial charge in [0, 0.05) is 30.9 Å². The standard InChI is InChI=1S/C17H19FN4O2/c18-12-4-5-15-13(11-12)14(3-1-10-24-15)22-16(23)6-9-21-17-19-7-2-8-20-17/h2,4-5,7-8,11,14H,1,3,6,9-10H2,(H,22,23)(H,19,20,21). The molecule has 0 fully saturated rings. The molecule has 1 aromatic carbocycles. The minimum Gasteiger partial charge on any atom is -0.493 e. The van der Waals surface area contributed by atoms with E-state index in [1.165, 1.54) is 12.1 Å². The fourth-order valence-corrected chi connectivity index (χ4v) is 2.64. The van der Waals surface area contributed by atoms with Crippen LogP contribution in [0.25, 0.3) is 0 Å². The second-order valence-electron chi connectivity index (χ2n) is 5.54. The molecule has 7 heteroatoms. The lowest BCUT2D eigenvalue weighted by Gasteiger charge is -2.18. The third-order valence-corrected chi connectivity index (χ3v) is 3.78. The maximum atomic E-state index is 13.5. The summed E-state index contributed by atoms with van der Waals surface area (Å²) in [6, 6.07) is 5.90. The number of amides is 1. The van der Waals surface area contributed by atoms with Gasteiger partial charge in [-0.1, -0.05) is 0 Å². The van der Waals surface area contributed by atoms with Crippen molar-refractivity contribution in [2.24, 2.45) is 0 Å². The molecule has 0 radical (unpaired) electrons. The average Bonchev–Trinajstić information content (AvgIpc) is 2.78. The number of ether oxygens (including phenoxy) is 1. The first-order valence-corrected chi connectivity index (χ1v) is 7.95. The largest absolute Gasteiger partial charge is 0.493 e. The summed E-state index contributed by atoms with van der Waals surface area (Å²) in [6.45, 7) is 0.993. The van der Waals surface area contributed by atoms with Crippen molar-refractivity contribution in [1.82, 2.24) is 15.3 Å². The monoisotopic (exact) mass is 330 g/mol. The second kappa shape index (κ2) is 7.72. The summed E-state index contributed by atoms with van der Waals surface area (Å²) in [5.74, 6) is 0.678. The Hall–Kier alpha value is -2.70. The number of hydrogen-bond donors (Lipinski definition) is 2. The van der Waals surface area contributed by atoms with Gasteiger partial charge in [0.1, 0.15) is 11.6 Å². The van der Waals surface area contributed by atoms with Gasteiger partial charge >= 0.3 is 0 Å². The number of nitrogens with zero attached hydrogens (tertiary/aromatic N) is 2. The van der Waals surface area contributed by atoms with Gasteiger partial charge in [0.2, 0.25) is 11.9 Å². The first-order valence-electron chi connectivity index (χ1n) is 7.95. The van der Waals surface area contributed by atoms with Crippen LogP contribution in [0, 0.1) is 5.82 Å². The Balaban J connectivity index is 1.57. The maximum absolute atomic E-state index is 13.5. The van der Waals surface area contributed by atoms with Crippen molar-refractivity contribution in [2.45, 2.75) is 25.3 Å². The molecule has 1 atom stereocenters. The van der Waals surface area contributed by atoms with E-state index in [4.69, 9.17) is 4.74 Å². The minimum absolute atomic E-state index is 0.111. The quantitative estimate of drug-likeness (QED) is 0.881. The highest BCUT2D eigenvalue weighted by atomic mass is 19.1. The number of carbonyl (C=O) groups excluding carboxylic acids is 1. The molecule has 1 unspecified atom stereocenters. The summed E-state index contributed by atoms with van der Waals surface area (Å²) in [5.41, 5.74) is 0.695. The van der Waals surface area contributed by atoms with Crippen LogP contribution in [-0.4, -0.2) is 29.0 Å². The summed E-state index contributed by atoms with van der Waals surface area (Å²) < 4.78 is 19.1. The smallest absolute Gasteiger partial charge is 0.222 e. The highest BCUT2D eigenvalue weighted by Gasteiger charge is 2.22. The zero-order valence-electron chi connectivity index (χ0n) is 13.2. The number of rotatable bonds is 5. The number of aromatic nitrogens is 2. The number of hydrogen-bond acceptors (Lipinski definition) is 5. The molecular formula is C17H19FN4O2. The Morgan fingerprint density at radius 2 is 2.17 bits per heavy atom. The van der Waals surface area contributed by atoms with Crippen molar-refractivity contribution in [2.75, 3.05) is 18.5 Å². The van der Waals surface area contributed by atoms with Crippen molar-refractivity contribution >= 4 is 11.9 Å². The van der Waals surface area contributed by atoms with Gasteiger partial charge < -0.3 is 15.4 Å². The van der Waals surface area contributed by atoms with E-state index in [1.54, 1.807) is 24.5 Å². The molecule has 1 aromatic heterocycles. The predicted molar refractivity (Wildman–Crippen MR) is 87.2 cm³/mol. The van der Waals surface area contributed by atoms with Crippen LogP contribution in [0.3, 0.4) is 0 Å². The van der Waals surface area contributed by atoms with Crippen LogP contribution >= 0.6 is 0 Å². The highest BCUT2D eigenvalue weighted by molar-refractivity contribution is 5.77. The first kappa shape index (κ1) is 16.2. The number of nitrogens with one attached hydrogen (secondary N) is 2. The predicted octanol–water partition coefficient (Wildman–Crippen LogP) is 2.45. The first-order chi connectivity index (χ1) is 11.7. The molecule has 2 N–H and O–H groups in total. The highest BCUT2D eigenvalue weighted by Crippen LogP contribution is 2.32. The Kier molecular flexibility index (Phi) is 5.20. The molecule has 1 aliphatic heterocycles. The molecule has 0 aliphatic carbocycles. The molecule has 0 spiro atoms. The Bertz CT molecular complexity index is 696. The molecule has 126 valence electrons. The van der Waals surface area contributed by atoms with Crippen molar-refractivity contribution in [3.05, 3.63) is 48.0 Å². The molecule has 3 rings (SSSR count). The Morgan fingerprint density at radius 3 is 3.00 bits per heavy atom. The normalized spacial score (nSPS) is 16.5. The lowest BCUT2D eigenvalue weighted by Crippen LogP contribution is -2.29. The molecule has 2 heterocycles. The van der Waals surface area contributed by atoms with Gasteiger partial charge in [-0.15, -0.1) is 0 Å². The van der Waals surface area contributed by atoms with E-state index in [-0.39, 0.29) is 24.2 Å². The van der Waals surface area contributed by atoms with Gasteiger partial charge in [0.05, 0.1) is 12.6 Å². The van der Waals surface area contributed by atoms with E-state index >= 15 is 0 Å². The van der Waals surface area contributed by atoms with Crippen LogP contribution in [0.15, 0.2) is 36.7 Å². The molecule has 0 saturated carbocycles. The Morgan fingerprint density at radius 1 is 1.33 bits per heavy atom. The number of benzene rings is 1. The summed E-state index contributed by atoms with van der Waals surface area (Å²) in [7, 11) is 0. The van der Waals surface area contributed by atoms with Gasteiger partial charge in [0.25, 0.3) is 0 Å². The van der Waals surface area contributed by atoms with Gasteiger partial charge in [-0.05, 0) is 37.1 Å². The van der Waals surface area contributed by atoms with E-state index in [0.29, 0.717) is 30.4 Å². The maximum Gasteiger partial charge on any atom is 0.222 e. The zero-order valence-corrected chi connectivity index (χ0v) is 13.2. The zero-order chi connectivity index (χ0) is 16.8. The molecular weight excluding hydrogens is 311 g/mol. The van der Waals surface area contributed by atoms with E-state index < -0.39 is 0 Å². The van der Waals surface area contributed by atoms with Gasteiger partial charge in [-0.2, -0.15) is 0 Å². The SMILES string of the molecule is O=C(CCNc1ncccn1)NC1CCCOc2ccc(F)cc21. The van der Waals surface area contributed by atoms with Crippen LogP contribution in [-0.2, 0) is 4.79 Å². The van der Waals surface area contributed by atoms with Gasteiger partial charge in [-0.25, -0.2) is 14.4 Å². The van der Waals surface area contributed by atoms with Crippen LogP contribution in [0.5, 0.6) is 5.75 Å². The summed E-state index contributed by atoms with van der Waals surface area (Å²) >= 11 is 0. The fraction of sp³-hybridized carbons (Fsp3) is 0.353. The number of anilines is 1. The summed E-state index contributed by atoms with van der Waals surface area (Å²) in [6.07, 6.45) is 5.06. The fourth-order valence-electron chi connectivity index (χ4n) is 2.64. The molecule has 0 bridgehead atoms. The van der Waals surface area contributed by atoms with Crippen LogP contribution < -0.4 is 15.4 Å². The van der Waals surface area contributed by atoms with E-state index in [9.17, 15) is 9.18 Å². The third kappa shape index (κ3) is 4.18. The average molecular weight is 330 g/mol. The molecule has 24 heavy (non-hydrogen) atoms. The lowest BCUT2D eigenvalue weighted by atomic mass is 10.0. The third-order valence-electron chi connectivity index (χ3n) is 3.78. The number of halogens is 1. The summed E-state index contributed by atoms with van der Waals surface area (Å²) in [4.78, 5) is 20.2.